The van der Waals surface area contributed by atoms with Crippen LogP contribution < -0.4 is 5.73 Å². The van der Waals surface area contributed by atoms with Gasteiger partial charge in [0.25, 0.3) is 0 Å². The van der Waals surface area contributed by atoms with Crippen molar-refractivity contribution in [3.63, 3.8) is 0 Å². The van der Waals surface area contributed by atoms with E-state index in [9.17, 15) is 0 Å². The van der Waals surface area contributed by atoms with Crippen molar-refractivity contribution in [3.8, 4) is 0 Å². The molecule has 0 fully saturated rings. The van der Waals surface area contributed by atoms with Crippen LogP contribution in [0.2, 0.25) is 0 Å². The van der Waals surface area contributed by atoms with E-state index in [1.165, 1.54) is 0 Å². The first-order chi connectivity index (χ1) is 5.79. The Labute approximate surface area is 73.2 Å². The predicted octanol–water partition coefficient (Wildman–Crippen LogP) is 2.70. The van der Waals surface area contributed by atoms with E-state index in [2.05, 4.69) is 0 Å². The maximum Gasteiger partial charge on any atom is 0.0316 e. The first-order valence-electron chi connectivity index (χ1n) is 3.94. The topological polar surface area (TPSA) is 26.0 Å². The molecule has 0 aliphatic carbocycles. The van der Waals surface area contributed by atoms with Gasteiger partial charge in [0.15, 0.2) is 0 Å². The Morgan fingerprint density at radius 2 is 1.50 bits per heavy atom. The summed E-state index contributed by atoms with van der Waals surface area (Å²) in [6.07, 6.45) is 0. The molecule has 1 aromatic rings. The van der Waals surface area contributed by atoms with Crippen molar-refractivity contribution < 1.29 is 0 Å². The maximum atomic E-state index is 5.69. The highest BCUT2D eigenvalue weighted by Gasteiger charge is 1.77. The SMILES string of the molecule is Cc1cccccccc(N)c1. The van der Waals surface area contributed by atoms with Crippen LogP contribution in [0.5, 0.6) is 0 Å². The van der Waals surface area contributed by atoms with Crippen molar-refractivity contribution in [2.24, 2.45) is 0 Å². The molecular weight excluding hydrogens is 146 g/mol. The Kier molecular flexibility index (Phi) is 3.15. The Hall–Kier alpha value is -1.50. The molecule has 0 atom stereocenters. The molecule has 12 heavy (non-hydrogen) atoms. The third-order valence-electron chi connectivity index (χ3n) is 1.49. The lowest BCUT2D eigenvalue weighted by Gasteiger charge is -1.87. The van der Waals surface area contributed by atoms with E-state index in [0.717, 1.165) is 11.3 Å². The molecule has 0 aromatic heterocycles. The Morgan fingerprint density at radius 1 is 0.917 bits per heavy atom. The van der Waals surface area contributed by atoms with E-state index in [4.69, 9.17) is 5.73 Å². The number of aryl methyl sites for hydroxylation is 1. The molecule has 1 rings (SSSR count). The van der Waals surface area contributed by atoms with Crippen molar-refractivity contribution >= 4 is 5.69 Å². The molecular formula is C11H13N. The zero-order chi connectivity index (χ0) is 8.81. The van der Waals surface area contributed by atoms with Crippen molar-refractivity contribution in [1.29, 1.82) is 0 Å². The zero-order valence-corrected chi connectivity index (χ0v) is 7.20. The summed E-state index contributed by atoms with van der Waals surface area (Å²) in [4.78, 5) is 0. The van der Waals surface area contributed by atoms with Gasteiger partial charge in [-0.15, -0.1) is 0 Å². The number of hydrogen-bond donors (Lipinski definition) is 1. The molecule has 0 bridgehead atoms. The lowest BCUT2D eigenvalue weighted by molar-refractivity contribution is 1.49. The van der Waals surface area contributed by atoms with Crippen LogP contribution in [0.1, 0.15) is 5.56 Å². The van der Waals surface area contributed by atoms with Gasteiger partial charge in [0.1, 0.15) is 0 Å². The highest BCUT2D eigenvalue weighted by molar-refractivity contribution is 5.37. The summed E-state index contributed by atoms with van der Waals surface area (Å²) < 4.78 is 0. The quantitative estimate of drug-likeness (QED) is 0.618. The smallest absolute Gasteiger partial charge is 0.0316 e. The van der Waals surface area contributed by atoms with Gasteiger partial charge in [-0.2, -0.15) is 0 Å². The van der Waals surface area contributed by atoms with Gasteiger partial charge >= 0.3 is 0 Å². The standard InChI is InChI=1S/C11H13N/c1-10-7-5-3-2-4-6-8-11(12)9-10/h2-9H,12H2,1H3. The van der Waals surface area contributed by atoms with Crippen molar-refractivity contribution in [2.75, 3.05) is 5.73 Å². The molecule has 0 amide bonds. The van der Waals surface area contributed by atoms with Gasteiger partial charge in [-0.1, -0.05) is 36.4 Å². The molecule has 1 heteroatoms. The fraction of sp³-hybridized carbons (Fsp3) is 0.0909. The van der Waals surface area contributed by atoms with Crippen LogP contribution >= 0.6 is 0 Å². The molecule has 0 unspecified atom stereocenters. The van der Waals surface area contributed by atoms with Gasteiger partial charge < -0.3 is 5.73 Å². The van der Waals surface area contributed by atoms with E-state index in [0.29, 0.717) is 0 Å². The molecule has 0 aliphatic rings. The molecule has 2 N–H and O–H groups in total. The zero-order valence-electron chi connectivity index (χ0n) is 7.20. The minimum atomic E-state index is 0.781. The first kappa shape index (κ1) is 8.60. The van der Waals surface area contributed by atoms with Crippen LogP contribution in [0, 0.1) is 6.92 Å². The largest absolute Gasteiger partial charge is 0.399 e. The second kappa shape index (κ2) is 4.39. The molecule has 0 saturated carbocycles. The molecule has 0 aliphatic heterocycles. The second-order valence-corrected chi connectivity index (χ2v) is 2.68. The van der Waals surface area contributed by atoms with Gasteiger partial charge in [-0.05, 0) is 24.6 Å². The number of anilines is 1. The Bertz CT molecular complexity index is 276. The number of nitrogen functional groups attached to an aromatic ring is 1. The van der Waals surface area contributed by atoms with Gasteiger partial charge in [0.05, 0.1) is 0 Å². The summed E-state index contributed by atoms with van der Waals surface area (Å²) in [6, 6.07) is 15.7. The summed E-state index contributed by atoms with van der Waals surface area (Å²) >= 11 is 0. The molecule has 1 aromatic carbocycles. The van der Waals surface area contributed by atoms with E-state index in [-0.39, 0.29) is 0 Å². The fourth-order valence-corrected chi connectivity index (χ4v) is 0.926. The third-order valence-corrected chi connectivity index (χ3v) is 1.49. The van der Waals surface area contributed by atoms with Crippen LogP contribution in [0.15, 0.2) is 48.5 Å². The molecule has 0 heterocycles. The monoisotopic (exact) mass is 159 g/mol. The normalized spacial score (nSPS) is 8.75. The molecule has 62 valence electrons. The van der Waals surface area contributed by atoms with E-state index < -0.39 is 0 Å². The lowest BCUT2D eigenvalue weighted by Crippen LogP contribution is -1.80. The Morgan fingerprint density at radius 3 is 2.25 bits per heavy atom. The third kappa shape index (κ3) is 3.06. The molecule has 0 saturated heterocycles. The summed E-state index contributed by atoms with van der Waals surface area (Å²) in [7, 11) is 0. The van der Waals surface area contributed by atoms with Crippen LogP contribution in [0.4, 0.5) is 5.69 Å². The van der Waals surface area contributed by atoms with E-state index in [1.54, 1.807) is 0 Å². The molecule has 0 radical (unpaired) electrons. The minimum absolute atomic E-state index is 0.781. The average molecular weight is 159 g/mol. The van der Waals surface area contributed by atoms with E-state index >= 15 is 0 Å². The summed E-state index contributed by atoms with van der Waals surface area (Å²) in [5.41, 5.74) is 7.63. The van der Waals surface area contributed by atoms with Gasteiger partial charge in [0, 0.05) is 5.69 Å². The average Bonchev–Trinajstić information content (AvgIpc) is 2.02. The maximum absolute atomic E-state index is 5.69. The predicted molar refractivity (Wildman–Crippen MR) is 53.2 cm³/mol. The number of nitrogens with two attached hydrogens (primary N) is 1. The Balaban J connectivity index is 3.23. The van der Waals surface area contributed by atoms with Crippen LogP contribution in [-0.2, 0) is 0 Å². The number of hydrogen-bond acceptors (Lipinski definition) is 1. The van der Waals surface area contributed by atoms with Gasteiger partial charge in [-0.25, -0.2) is 0 Å². The van der Waals surface area contributed by atoms with Crippen LogP contribution in [-0.4, -0.2) is 0 Å². The molecule has 0 spiro atoms. The highest BCUT2D eigenvalue weighted by Crippen LogP contribution is 1.99. The van der Waals surface area contributed by atoms with Gasteiger partial charge in [0.2, 0.25) is 0 Å². The fourth-order valence-electron chi connectivity index (χ4n) is 0.926. The van der Waals surface area contributed by atoms with Crippen molar-refractivity contribution in [2.45, 2.75) is 6.92 Å². The van der Waals surface area contributed by atoms with Crippen LogP contribution in [0.25, 0.3) is 0 Å². The van der Waals surface area contributed by atoms with Crippen LogP contribution in [0.3, 0.4) is 0 Å². The lowest BCUT2D eigenvalue weighted by atomic mass is 10.2. The van der Waals surface area contributed by atoms with Gasteiger partial charge in [-0.3, -0.25) is 0 Å². The van der Waals surface area contributed by atoms with Crippen molar-refractivity contribution in [1.82, 2.24) is 0 Å². The first-order valence-corrected chi connectivity index (χ1v) is 3.94. The second-order valence-electron chi connectivity index (χ2n) is 2.68. The molecule has 1 nitrogen and oxygen atoms in total. The minimum Gasteiger partial charge on any atom is -0.399 e. The number of rotatable bonds is 0. The van der Waals surface area contributed by atoms with E-state index in [1.807, 2.05) is 55.5 Å². The highest BCUT2D eigenvalue weighted by atomic mass is 14.5. The summed E-state index contributed by atoms with van der Waals surface area (Å²) in [5, 5.41) is 0. The van der Waals surface area contributed by atoms with Crippen molar-refractivity contribution in [3.05, 3.63) is 54.1 Å². The summed E-state index contributed by atoms with van der Waals surface area (Å²) in [6.45, 7) is 2.02. The summed E-state index contributed by atoms with van der Waals surface area (Å²) in [5.74, 6) is 0.